The number of pyridine rings is 1. The van der Waals surface area contributed by atoms with Gasteiger partial charge in [0.1, 0.15) is 11.8 Å². The molecule has 5 heteroatoms. The summed E-state index contributed by atoms with van der Waals surface area (Å²) in [4.78, 5) is 16.7. The Labute approximate surface area is 142 Å². The van der Waals surface area contributed by atoms with Crippen LogP contribution >= 0.6 is 0 Å². The summed E-state index contributed by atoms with van der Waals surface area (Å²) in [6.45, 7) is 4.04. The molecule has 1 aromatic heterocycles. The number of hydrogen-bond acceptors (Lipinski definition) is 4. The number of carbonyl (C=O) groups is 1. The van der Waals surface area contributed by atoms with Crippen molar-refractivity contribution in [2.24, 2.45) is 0 Å². The molecule has 1 atom stereocenters. The summed E-state index contributed by atoms with van der Waals surface area (Å²) < 4.78 is 5.88. The van der Waals surface area contributed by atoms with Crippen LogP contribution in [0.2, 0.25) is 0 Å². The van der Waals surface area contributed by atoms with Crippen molar-refractivity contribution in [2.45, 2.75) is 39.2 Å². The summed E-state index contributed by atoms with van der Waals surface area (Å²) in [7, 11) is 0. The highest BCUT2D eigenvalue weighted by molar-refractivity contribution is 5.94. The summed E-state index contributed by atoms with van der Waals surface area (Å²) in [6, 6.07) is 12.9. The first-order valence-electron chi connectivity index (χ1n) is 8.03. The highest BCUT2D eigenvalue weighted by atomic mass is 16.5. The SMILES string of the molecule is CCCCC(Oc1cccc(C)c1)C(=O)Nc1ncccc1C#N. The number of hydrogen-bond donors (Lipinski definition) is 1. The van der Waals surface area contributed by atoms with Crippen LogP contribution in [0, 0.1) is 18.3 Å². The fourth-order valence-corrected chi connectivity index (χ4v) is 2.28. The maximum absolute atomic E-state index is 12.6. The average molecular weight is 323 g/mol. The molecule has 0 saturated carbocycles. The van der Waals surface area contributed by atoms with Crippen molar-refractivity contribution in [3.63, 3.8) is 0 Å². The molecule has 0 radical (unpaired) electrons. The number of aryl methyl sites for hydroxylation is 1. The smallest absolute Gasteiger partial charge is 0.266 e. The van der Waals surface area contributed by atoms with E-state index in [2.05, 4.69) is 17.2 Å². The van der Waals surface area contributed by atoms with Gasteiger partial charge in [-0.05, 0) is 49.6 Å². The average Bonchev–Trinajstić information content (AvgIpc) is 2.59. The molecule has 2 aromatic rings. The molecule has 24 heavy (non-hydrogen) atoms. The standard InChI is InChI=1S/C19H21N3O2/c1-3-4-10-17(24-16-9-5-7-14(2)12-16)19(23)22-18-15(13-20)8-6-11-21-18/h5-9,11-12,17H,3-4,10H2,1-2H3,(H,21,22,23). The first kappa shape index (κ1) is 17.5. The molecule has 124 valence electrons. The van der Waals surface area contributed by atoms with Crippen molar-refractivity contribution in [2.75, 3.05) is 5.32 Å². The molecule has 1 heterocycles. The van der Waals surface area contributed by atoms with E-state index in [1.807, 2.05) is 37.3 Å². The molecule has 1 amide bonds. The molecule has 2 rings (SSSR count). The Morgan fingerprint density at radius 3 is 2.92 bits per heavy atom. The van der Waals surface area contributed by atoms with Crippen molar-refractivity contribution >= 4 is 11.7 Å². The minimum atomic E-state index is -0.625. The molecular formula is C19H21N3O2. The molecule has 0 fully saturated rings. The molecule has 0 aliphatic carbocycles. The molecule has 1 aromatic carbocycles. The lowest BCUT2D eigenvalue weighted by molar-refractivity contribution is -0.123. The van der Waals surface area contributed by atoms with Gasteiger partial charge in [0.15, 0.2) is 11.9 Å². The zero-order valence-electron chi connectivity index (χ0n) is 14.0. The number of rotatable bonds is 7. The second-order valence-electron chi connectivity index (χ2n) is 5.57. The number of anilines is 1. The van der Waals surface area contributed by atoms with Gasteiger partial charge in [-0.2, -0.15) is 5.26 Å². The minimum Gasteiger partial charge on any atom is -0.481 e. The summed E-state index contributed by atoms with van der Waals surface area (Å²) in [5.41, 5.74) is 1.40. The van der Waals surface area contributed by atoms with Gasteiger partial charge in [-0.1, -0.05) is 25.5 Å². The summed E-state index contributed by atoms with van der Waals surface area (Å²) in [6.07, 6.45) is 3.36. The zero-order chi connectivity index (χ0) is 17.4. The van der Waals surface area contributed by atoms with Gasteiger partial charge in [0.25, 0.3) is 5.91 Å². The fraction of sp³-hybridized carbons (Fsp3) is 0.316. The van der Waals surface area contributed by atoms with E-state index in [-0.39, 0.29) is 11.7 Å². The Hall–Kier alpha value is -2.87. The van der Waals surface area contributed by atoms with Gasteiger partial charge in [0, 0.05) is 6.20 Å². The molecule has 1 N–H and O–H groups in total. The van der Waals surface area contributed by atoms with Gasteiger partial charge in [-0.25, -0.2) is 4.98 Å². The van der Waals surface area contributed by atoms with E-state index in [0.717, 1.165) is 18.4 Å². The first-order chi connectivity index (χ1) is 11.6. The van der Waals surface area contributed by atoms with Crippen LogP contribution in [0.5, 0.6) is 5.75 Å². The van der Waals surface area contributed by atoms with E-state index in [1.54, 1.807) is 18.3 Å². The number of carbonyl (C=O) groups excluding carboxylic acids is 1. The lowest BCUT2D eigenvalue weighted by atomic mass is 10.1. The van der Waals surface area contributed by atoms with Crippen LogP contribution in [0.1, 0.15) is 37.3 Å². The minimum absolute atomic E-state index is 0.263. The largest absolute Gasteiger partial charge is 0.481 e. The number of nitriles is 1. The van der Waals surface area contributed by atoms with Crippen LogP contribution in [0.4, 0.5) is 5.82 Å². The zero-order valence-corrected chi connectivity index (χ0v) is 14.0. The van der Waals surface area contributed by atoms with Gasteiger partial charge in [-0.15, -0.1) is 0 Å². The Kier molecular flexibility index (Phi) is 6.32. The predicted octanol–water partition coefficient (Wildman–Crippen LogP) is 3.84. The number of amides is 1. The number of unbranched alkanes of at least 4 members (excludes halogenated alkanes) is 1. The monoisotopic (exact) mass is 323 g/mol. The van der Waals surface area contributed by atoms with E-state index in [4.69, 9.17) is 10.00 Å². The quantitative estimate of drug-likeness (QED) is 0.840. The lowest BCUT2D eigenvalue weighted by Crippen LogP contribution is -2.33. The molecule has 0 spiro atoms. The van der Waals surface area contributed by atoms with Crippen LogP contribution in [0.15, 0.2) is 42.6 Å². The summed E-state index contributed by atoms with van der Waals surface area (Å²) in [5.74, 6) is 0.632. The topological polar surface area (TPSA) is 75.0 Å². The molecule has 1 unspecified atom stereocenters. The number of benzene rings is 1. The Morgan fingerprint density at radius 2 is 2.21 bits per heavy atom. The number of nitrogens with zero attached hydrogens (tertiary/aromatic N) is 2. The molecular weight excluding hydrogens is 302 g/mol. The number of nitrogens with one attached hydrogen (secondary N) is 1. The maximum Gasteiger partial charge on any atom is 0.266 e. The normalized spacial score (nSPS) is 11.4. The number of ether oxygens (including phenoxy) is 1. The van der Waals surface area contributed by atoms with Crippen molar-refractivity contribution in [3.05, 3.63) is 53.7 Å². The van der Waals surface area contributed by atoms with E-state index < -0.39 is 6.10 Å². The van der Waals surface area contributed by atoms with Gasteiger partial charge in [0.05, 0.1) is 5.56 Å². The molecule has 0 bridgehead atoms. The van der Waals surface area contributed by atoms with Gasteiger partial charge < -0.3 is 10.1 Å². The molecule has 0 saturated heterocycles. The molecule has 5 nitrogen and oxygen atoms in total. The van der Waals surface area contributed by atoms with E-state index in [0.29, 0.717) is 17.7 Å². The lowest BCUT2D eigenvalue weighted by Gasteiger charge is -2.19. The Bertz CT molecular complexity index is 737. The maximum atomic E-state index is 12.6. The summed E-state index contributed by atoms with van der Waals surface area (Å²) >= 11 is 0. The van der Waals surface area contributed by atoms with Crippen molar-refractivity contribution in [3.8, 4) is 11.8 Å². The van der Waals surface area contributed by atoms with E-state index in [1.165, 1.54) is 0 Å². The fourth-order valence-electron chi connectivity index (χ4n) is 2.28. The third-order valence-corrected chi connectivity index (χ3v) is 3.55. The van der Waals surface area contributed by atoms with Gasteiger partial charge in [0.2, 0.25) is 0 Å². The van der Waals surface area contributed by atoms with E-state index in [9.17, 15) is 4.79 Å². The van der Waals surface area contributed by atoms with Crippen molar-refractivity contribution in [1.82, 2.24) is 4.98 Å². The highest BCUT2D eigenvalue weighted by Crippen LogP contribution is 2.18. The van der Waals surface area contributed by atoms with Gasteiger partial charge in [-0.3, -0.25) is 4.79 Å². The van der Waals surface area contributed by atoms with E-state index >= 15 is 0 Å². The second-order valence-corrected chi connectivity index (χ2v) is 5.57. The second kappa shape index (κ2) is 8.68. The van der Waals surface area contributed by atoms with Crippen molar-refractivity contribution < 1.29 is 9.53 Å². The van der Waals surface area contributed by atoms with Crippen LogP contribution in [-0.2, 0) is 4.79 Å². The first-order valence-corrected chi connectivity index (χ1v) is 8.03. The third-order valence-electron chi connectivity index (χ3n) is 3.55. The van der Waals surface area contributed by atoms with Crippen LogP contribution < -0.4 is 10.1 Å². The predicted molar refractivity (Wildman–Crippen MR) is 92.7 cm³/mol. The van der Waals surface area contributed by atoms with Crippen molar-refractivity contribution in [1.29, 1.82) is 5.26 Å². The third kappa shape index (κ3) is 4.82. The highest BCUT2D eigenvalue weighted by Gasteiger charge is 2.21. The molecule has 0 aliphatic rings. The van der Waals surface area contributed by atoms with Crippen LogP contribution in [-0.4, -0.2) is 17.0 Å². The van der Waals surface area contributed by atoms with Crippen LogP contribution in [0.25, 0.3) is 0 Å². The summed E-state index contributed by atoms with van der Waals surface area (Å²) in [5, 5.41) is 11.8. The van der Waals surface area contributed by atoms with Gasteiger partial charge >= 0.3 is 0 Å². The van der Waals surface area contributed by atoms with Crippen LogP contribution in [0.3, 0.4) is 0 Å². The molecule has 0 aliphatic heterocycles. The Morgan fingerprint density at radius 1 is 1.38 bits per heavy atom. The Balaban J connectivity index is 2.14. The number of aromatic nitrogens is 1.